The van der Waals surface area contributed by atoms with Gasteiger partial charge in [-0.15, -0.1) is 0 Å². The smallest absolute Gasteiger partial charge is 0.255 e. The van der Waals surface area contributed by atoms with Gasteiger partial charge in [-0.05, 0) is 49.2 Å². The second kappa shape index (κ2) is 8.78. The molecule has 0 saturated heterocycles. The summed E-state index contributed by atoms with van der Waals surface area (Å²) in [5.74, 6) is -0.274. The highest BCUT2D eigenvalue weighted by atomic mass is 32.2. The van der Waals surface area contributed by atoms with E-state index < -0.39 is 0 Å². The molecule has 1 aliphatic heterocycles. The highest BCUT2D eigenvalue weighted by Gasteiger charge is 2.24. The predicted octanol–water partition coefficient (Wildman–Crippen LogP) is 5.67. The van der Waals surface area contributed by atoms with Crippen LogP contribution in [0.4, 0.5) is 5.69 Å². The summed E-state index contributed by atoms with van der Waals surface area (Å²) in [4.78, 5) is 15.9. The normalized spacial score (nSPS) is 15.5. The molecule has 0 fully saturated rings. The SMILES string of the molecule is CCc1ccc(N2C=C(C)SC2=CC(C)(C)CNC(=O)c2ccccc2O)cc1. The lowest BCUT2D eigenvalue weighted by Crippen LogP contribution is -2.33. The summed E-state index contributed by atoms with van der Waals surface area (Å²) >= 11 is 1.73. The summed E-state index contributed by atoms with van der Waals surface area (Å²) in [6, 6.07) is 15.2. The summed E-state index contributed by atoms with van der Waals surface area (Å²) in [6.45, 7) is 8.91. The number of carbonyl (C=O) groups excluding carboxylic acids is 1. The van der Waals surface area contributed by atoms with Crippen LogP contribution in [-0.2, 0) is 6.42 Å². The molecule has 1 amide bonds. The van der Waals surface area contributed by atoms with Crippen LogP contribution in [0.2, 0.25) is 0 Å². The molecule has 3 rings (SSSR count). The molecule has 0 atom stereocenters. The van der Waals surface area contributed by atoms with Gasteiger partial charge in [0.25, 0.3) is 5.91 Å². The molecule has 0 aliphatic carbocycles. The van der Waals surface area contributed by atoms with E-state index in [2.05, 4.69) is 74.5 Å². The van der Waals surface area contributed by atoms with Gasteiger partial charge >= 0.3 is 0 Å². The van der Waals surface area contributed by atoms with E-state index in [0.717, 1.165) is 17.1 Å². The van der Waals surface area contributed by atoms with Crippen LogP contribution in [0.1, 0.15) is 43.6 Å². The van der Waals surface area contributed by atoms with Gasteiger partial charge in [0.05, 0.1) is 10.6 Å². The van der Waals surface area contributed by atoms with E-state index in [0.29, 0.717) is 12.1 Å². The van der Waals surface area contributed by atoms with Gasteiger partial charge < -0.3 is 15.3 Å². The van der Waals surface area contributed by atoms with E-state index >= 15 is 0 Å². The van der Waals surface area contributed by atoms with Crippen molar-refractivity contribution >= 4 is 23.4 Å². The van der Waals surface area contributed by atoms with Crippen LogP contribution in [0.25, 0.3) is 0 Å². The van der Waals surface area contributed by atoms with Crippen LogP contribution in [0.15, 0.2) is 70.7 Å². The Kier molecular flexibility index (Phi) is 6.38. The Morgan fingerprint density at radius 3 is 2.52 bits per heavy atom. The van der Waals surface area contributed by atoms with Gasteiger partial charge in [0, 0.05) is 28.8 Å². The third kappa shape index (κ3) is 5.24. The lowest BCUT2D eigenvalue weighted by atomic mass is 9.93. The van der Waals surface area contributed by atoms with E-state index in [9.17, 15) is 9.90 Å². The zero-order valence-corrected chi connectivity index (χ0v) is 18.2. The maximum atomic E-state index is 12.4. The van der Waals surface area contributed by atoms with Crippen molar-refractivity contribution < 1.29 is 9.90 Å². The average Bonchev–Trinajstić information content (AvgIpc) is 3.06. The molecule has 2 aromatic rings. The molecular formula is C24H28N2O2S. The van der Waals surface area contributed by atoms with Crippen LogP contribution in [-0.4, -0.2) is 17.6 Å². The number of phenols is 1. The van der Waals surface area contributed by atoms with Crippen molar-refractivity contribution in [2.75, 3.05) is 11.4 Å². The Morgan fingerprint density at radius 1 is 1.17 bits per heavy atom. The minimum atomic E-state index is -0.269. The standard InChI is InChI=1S/C24H28N2O2S/c1-5-18-10-12-19(13-11-18)26-15-17(2)29-22(26)14-24(3,4)16-25-23(28)20-8-6-7-9-21(20)27/h6-15,27H,5,16H2,1-4H3,(H,25,28). The van der Waals surface area contributed by atoms with Crippen molar-refractivity contribution in [1.82, 2.24) is 5.32 Å². The number of phenolic OH excluding ortho intramolecular Hbond substituents is 1. The number of aromatic hydroxyl groups is 1. The van der Waals surface area contributed by atoms with Gasteiger partial charge in [-0.2, -0.15) is 0 Å². The molecule has 2 aromatic carbocycles. The second-order valence-corrected chi connectivity index (χ2v) is 9.17. The van der Waals surface area contributed by atoms with Crippen molar-refractivity contribution in [1.29, 1.82) is 0 Å². The predicted molar refractivity (Wildman–Crippen MR) is 122 cm³/mol. The highest BCUT2D eigenvalue weighted by Crippen LogP contribution is 2.41. The number of nitrogens with one attached hydrogen (secondary N) is 1. The summed E-state index contributed by atoms with van der Waals surface area (Å²) in [7, 11) is 0. The zero-order chi connectivity index (χ0) is 21.0. The fourth-order valence-electron chi connectivity index (χ4n) is 3.13. The summed E-state index contributed by atoms with van der Waals surface area (Å²) in [5.41, 5.74) is 2.48. The van der Waals surface area contributed by atoms with E-state index in [1.165, 1.54) is 16.5 Å². The fourth-order valence-corrected chi connectivity index (χ4v) is 4.26. The van der Waals surface area contributed by atoms with E-state index in [1.807, 2.05) is 0 Å². The summed E-state index contributed by atoms with van der Waals surface area (Å²) in [5, 5.41) is 14.0. The number of aryl methyl sites for hydroxylation is 1. The number of nitrogens with zero attached hydrogens (tertiary/aromatic N) is 1. The third-order valence-electron chi connectivity index (χ3n) is 4.80. The minimum absolute atomic E-state index is 0.00552. The summed E-state index contributed by atoms with van der Waals surface area (Å²) in [6.07, 6.45) is 5.37. The molecule has 0 aromatic heterocycles. The van der Waals surface area contributed by atoms with Gasteiger partial charge in [-0.3, -0.25) is 4.79 Å². The number of rotatable bonds is 6. The largest absolute Gasteiger partial charge is 0.507 e. The van der Waals surface area contributed by atoms with Crippen LogP contribution in [0.3, 0.4) is 0 Å². The van der Waals surface area contributed by atoms with E-state index in [-0.39, 0.29) is 17.1 Å². The van der Waals surface area contributed by atoms with Crippen molar-refractivity contribution in [3.05, 3.63) is 81.9 Å². The molecule has 0 unspecified atom stereocenters. The number of benzene rings is 2. The Morgan fingerprint density at radius 2 is 1.86 bits per heavy atom. The lowest BCUT2D eigenvalue weighted by Gasteiger charge is -2.25. The van der Waals surface area contributed by atoms with Crippen molar-refractivity contribution in [3.8, 4) is 5.75 Å². The lowest BCUT2D eigenvalue weighted by molar-refractivity contribution is 0.0940. The van der Waals surface area contributed by atoms with Crippen LogP contribution in [0, 0.1) is 5.41 Å². The number of amides is 1. The molecule has 152 valence electrons. The minimum Gasteiger partial charge on any atom is -0.507 e. The first kappa shape index (κ1) is 21.1. The van der Waals surface area contributed by atoms with Gasteiger partial charge in [0.2, 0.25) is 0 Å². The van der Waals surface area contributed by atoms with Crippen molar-refractivity contribution in [3.63, 3.8) is 0 Å². The van der Waals surface area contributed by atoms with Gasteiger partial charge in [-0.25, -0.2) is 0 Å². The van der Waals surface area contributed by atoms with Gasteiger partial charge in [0.15, 0.2) is 0 Å². The molecule has 4 nitrogen and oxygen atoms in total. The van der Waals surface area contributed by atoms with Crippen LogP contribution >= 0.6 is 11.8 Å². The number of hydrogen-bond donors (Lipinski definition) is 2. The quantitative estimate of drug-likeness (QED) is 0.647. The molecule has 29 heavy (non-hydrogen) atoms. The zero-order valence-electron chi connectivity index (χ0n) is 17.4. The molecule has 0 bridgehead atoms. The Balaban J connectivity index is 1.74. The molecule has 5 heteroatoms. The summed E-state index contributed by atoms with van der Waals surface area (Å²) < 4.78 is 0. The second-order valence-electron chi connectivity index (χ2n) is 7.90. The number of carbonyl (C=O) groups is 1. The van der Waals surface area contributed by atoms with Crippen LogP contribution < -0.4 is 10.2 Å². The van der Waals surface area contributed by atoms with E-state index in [4.69, 9.17) is 0 Å². The number of anilines is 1. The third-order valence-corrected chi connectivity index (χ3v) is 5.76. The van der Waals surface area contributed by atoms with Crippen molar-refractivity contribution in [2.24, 2.45) is 5.41 Å². The van der Waals surface area contributed by atoms with Crippen molar-refractivity contribution in [2.45, 2.75) is 34.1 Å². The maximum absolute atomic E-state index is 12.4. The average molecular weight is 409 g/mol. The number of hydrogen-bond acceptors (Lipinski definition) is 4. The van der Waals surface area contributed by atoms with Gasteiger partial charge in [0.1, 0.15) is 5.75 Å². The first-order valence-corrected chi connectivity index (χ1v) is 10.6. The van der Waals surface area contributed by atoms with Crippen LogP contribution in [0.5, 0.6) is 5.75 Å². The molecular weight excluding hydrogens is 380 g/mol. The maximum Gasteiger partial charge on any atom is 0.255 e. The number of thioether (sulfide) groups is 1. The number of allylic oxidation sites excluding steroid dienone is 1. The first-order chi connectivity index (χ1) is 13.8. The highest BCUT2D eigenvalue weighted by molar-refractivity contribution is 8.07. The Hall–Kier alpha value is -2.66. The number of para-hydroxylation sites is 1. The molecule has 1 heterocycles. The topological polar surface area (TPSA) is 52.6 Å². The monoisotopic (exact) mass is 408 g/mol. The molecule has 0 spiro atoms. The van der Waals surface area contributed by atoms with Gasteiger partial charge in [-0.1, -0.05) is 56.8 Å². The molecule has 0 radical (unpaired) electrons. The molecule has 2 N–H and O–H groups in total. The fraction of sp³-hybridized carbons (Fsp3) is 0.292. The van der Waals surface area contributed by atoms with E-state index in [1.54, 1.807) is 30.0 Å². The Labute approximate surface area is 177 Å². The molecule has 1 aliphatic rings. The Bertz CT molecular complexity index is 946. The molecule has 0 saturated carbocycles. The first-order valence-electron chi connectivity index (χ1n) is 9.82.